The average Bonchev–Trinajstić information content (AvgIpc) is 1.64. The van der Waals surface area contributed by atoms with Crippen LogP contribution in [0.5, 0.6) is 0 Å². The Labute approximate surface area is 807 Å². The molecule has 0 radical (unpaired) electrons. The van der Waals surface area contributed by atoms with Crippen molar-refractivity contribution in [2.75, 3.05) is 110 Å². The number of carbonyl (C=O) groups excluding carboxylic acids is 4. The van der Waals surface area contributed by atoms with Crippen molar-refractivity contribution < 1.29 is 43.3 Å². The van der Waals surface area contributed by atoms with E-state index in [0.29, 0.717) is 44.9 Å². The fraction of sp³-hybridized carbons (Fsp3) is 0.308. The first kappa shape index (κ1) is 94.1. The number of aliphatic hydroxyl groups is 3. The number of amides is 4. The number of nitrogens with zero attached hydrogens (tertiary/aromatic N) is 16. The number of carbonyl (C=O) groups is 4. The first-order valence-electron chi connectivity index (χ1n) is 48.3. The van der Waals surface area contributed by atoms with E-state index >= 15 is 0 Å². The number of hydrogen-bond acceptors (Lipinski definition) is 23. The molecule has 16 aromatic rings. The van der Waals surface area contributed by atoms with Crippen LogP contribution in [0.4, 0.5) is 43.2 Å². The van der Waals surface area contributed by atoms with Gasteiger partial charge in [-0.3, -0.25) is 79.1 Å². The molecule has 22 rings (SSSR count). The van der Waals surface area contributed by atoms with Gasteiger partial charge in [0.25, 0.3) is 23.6 Å². The Morgan fingerprint density at radius 1 is 0.293 bits per heavy atom. The number of nitrogens with one attached hydrogen (secondary N) is 8. The van der Waals surface area contributed by atoms with E-state index in [4.69, 9.17) is 0 Å². The molecule has 31 nitrogen and oxygen atoms in total. The van der Waals surface area contributed by atoms with E-state index in [1.807, 2.05) is 140 Å². The SMILES string of the molecule is O=C(Nc1ccc(N2CCC(O)CC2)nc1)c1n[nH]c2ccc(-c3cncc(CN4CCCCC4)c3)cc12.O=C(Nc1ccc(N2CCCC2)nc1)c1n[nH]c2ccc(-c3cncc(CN4CCC(O)CC4)c3)cc12.O=C(Nc1cccc(F)c1)c1n[nH]c2ccc(-c3cncc(CN4CCC(O)CC4)c3)cc12.O=C(Nc1cccc(F)c1)c1n[nH]c2ccc(-c3cncc(CN4CCCCC4)c3)cc12. The molecule has 0 spiro atoms. The maximum absolute atomic E-state index is 13.5. The summed E-state index contributed by atoms with van der Waals surface area (Å²) in [5.41, 5.74) is 18.7. The number of hydrogen-bond donors (Lipinski definition) is 11. The smallest absolute Gasteiger partial charge is 0.276 e. The maximum Gasteiger partial charge on any atom is 0.276 e. The number of benzene rings is 6. The summed E-state index contributed by atoms with van der Waals surface area (Å²) in [7, 11) is 0. The van der Waals surface area contributed by atoms with Crippen molar-refractivity contribution in [3.05, 3.63) is 288 Å². The second-order valence-corrected chi connectivity index (χ2v) is 36.9. The van der Waals surface area contributed by atoms with Crippen LogP contribution in [0.15, 0.2) is 232 Å². The normalized spacial score (nSPS) is 16.0. The summed E-state index contributed by atoms with van der Waals surface area (Å²) in [5.74, 6) is -0.414. The number of anilines is 6. The van der Waals surface area contributed by atoms with Crippen LogP contribution in [-0.4, -0.2) is 226 Å². The molecule has 6 aliphatic heterocycles. The number of pyridine rings is 6. The van der Waals surface area contributed by atoms with Crippen LogP contribution in [0.1, 0.15) is 154 Å². The number of likely N-dealkylation sites (tertiary alicyclic amines) is 4. The summed E-state index contributed by atoms with van der Waals surface area (Å²) in [6.45, 7) is 15.1. The number of aromatic nitrogens is 14. The molecule has 716 valence electrons. The highest BCUT2D eigenvalue weighted by atomic mass is 19.1. The van der Waals surface area contributed by atoms with Crippen LogP contribution in [0, 0.1) is 11.6 Å². The van der Waals surface area contributed by atoms with E-state index in [9.17, 15) is 43.3 Å². The van der Waals surface area contributed by atoms with Crippen LogP contribution < -0.4 is 31.1 Å². The van der Waals surface area contributed by atoms with Gasteiger partial charge in [0.15, 0.2) is 22.8 Å². The van der Waals surface area contributed by atoms with Crippen LogP contribution >= 0.6 is 0 Å². The lowest BCUT2D eigenvalue weighted by molar-refractivity contribution is 0.0790. The Morgan fingerprint density at radius 3 is 0.879 bits per heavy atom. The van der Waals surface area contributed by atoms with Gasteiger partial charge in [-0.25, -0.2) is 18.7 Å². The Bertz CT molecular complexity index is 7010. The van der Waals surface area contributed by atoms with Crippen molar-refractivity contribution >= 4 is 102 Å². The number of piperidine rings is 5. The summed E-state index contributed by atoms with van der Waals surface area (Å²) in [6.07, 6.45) is 32.5. The van der Waals surface area contributed by atoms with Crippen LogP contribution in [0.3, 0.4) is 0 Å². The summed E-state index contributed by atoms with van der Waals surface area (Å²) >= 11 is 0. The molecular weight excluding hydrogens is 1770 g/mol. The molecule has 0 bridgehead atoms. The third-order valence-corrected chi connectivity index (χ3v) is 26.7. The molecule has 140 heavy (non-hydrogen) atoms. The maximum atomic E-state index is 13.5. The Morgan fingerprint density at radius 2 is 0.579 bits per heavy atom. The standard InChI is InChI=1S/C29H33N7O2.C28H31N7O2.C25H24FN5O2.C25H24FN5O/c37-24-8-12-36(13-9-24)27-7-5-23(18-31-27)32-29(38)28-25-15-21(4-6-26(25)33-34-28)22-14-20(16-30-17-22)19-35-10-2-1-3-11-35;36-23-7-11-34(12-8-23)18-19-13-21(16-29-15-19)20-3-5-25-24(14-20)27(33-32-25)28(37)31-22-4-6-26(30-17-22)35-9-1-2-10-35;26-19-2-1-3-20(12-19)28-25(33)24-22-11-17(4-5-23(22)29-30-24)18-10-16(13-27-14-18)15-31-8-6-21(32)7-9-31;26-20-5-4-6-21(13-20)28-25(32)24-22-12-18(7-8-23(22)29-30-24)19-11-17(14-27-15-19)16-31-9-2-1-3-10-31/h4-7,14-18,24,37H,1-3,8-13,19H2,(H,32,38)(H,33,34);3-6,13-17,23,36H,1-2,7-12,18H2,(H,31,37)(H,32,33);1-5,10-14,21,32H,6-9,15H2,(H,28,33)(H,29,30);4-8,11-15H,1-3,9-10,16H2,(H,28,32)(H,29,30). The minimum Gasteiger partial charge on any atom is -0.393 e. The van der Waals surface area contributed by atoms with E-state index in [1.165, 1.54) is 92.8 Å². The zero-order valence-corrected chi connectivity index (χ0v) is 77.8. The van der Waals surface area contributed by atoms with E-state index < -0.39 is 23.4 Å². The number of aliphatic hydroxyl groups excluding tert-OH is 3. The van der Waals surface area contributed by atoms with E-state index in [0.717, 1.165) is 243 Å². The average molecular weight is 1880 g/mol. The highest BCUT2D eigenvalue weighted by Gasteiger charge is 2.27. The molecule has 16 heterocycles. The fourth-order valence-corrected chi connectivity index (χ4v) is 19.0. The molecule has 0 aliphatic carbocycles. The summed E-state index contributed by atoms with van der Waals surface area (Å²) < 4.78 is 26.9. The molecule has 6 aromatic carbocycles. The number of aromatic amines is 4. The van der Waals surface area contributed by atoms with Crippen molar-refractivity contribution in [1.82, 2.24) is 90.3 Å². The summed E-state index contributed by atoms with van der Waals surface area (Å²) in [4.78, 5) is 92.8. The second-order valence-electron chi connectivity index (χ2n) is 36.9. The van der Waals surface area contributed by atoms with Gasteiger partial charge in [-0.2, -0.15) is 20.4 Å². The number of rotatable bonds is 22. The molecule has 10 aromatic heterocycles. The fourth-order valence-electron chi connectivity index (χ4n) is 19.0. The van der Waals surface area contributed by atoms with Crippen molar-refractivity contribution in [3.63, 3.8) is 0 Å². The first-order valence-corrected chi connectivity index (χ1v) is 48.3. The zero-order chi connectivity index (χ0) is 95.8. The zero-order valence-electron chi connectivity index (χ0n) is 77.8. The number of halogens is 2. The molecular formula is C107H112F2N24O7. The monoisotopic (exact) mass is 1880 g/mol. The lowest BCUT2D eigenvalue weighted by Crippen LogP contribution is -2.36. The summed E-state index contributed by atoms with van der Waals surface area (Å²) in [5, 5.41) is 72.1. The van der Waals surface area contributed by atoms with Crippen molar-refractivity contribution in [3.8, 4) is 44.5 Å². The lowest BCUT2D eigenvalue weighted by Gasteiger charge is -2.30. The van der Waals surface area contributed by atoms with Gasteiger partial charge in [-0.1, -0.05) is 49.2 Å². The molecule has 6 aliphatic rings. The van der Waals surface area contributed by atoms with Gasteiger partial charge in [0, 0.05) is 183 Å². The van der Waals surface area contributed by atoms with E-state index in [2.05, 4.69) is 146 Å². The number of H-pyrrole nitrogens is 4. The highest BCUT2D eigenvalue weighted by molar-refractivity contribution is 6.14. The topological polar surface area (TPSA) is 389 Å². The van der Waals surface area contributed by atoms with Gasteiger partial charge in [-0.05, 0) is 281 Å². The molecule has 0 unspecified atom stereocenters. The van der Waals surface area contributed by atoms with E-state index in [1.54, 1.807) is 36.8 Å². The summed E-state index contributed by atoms with van der Waals surface area (Å²) in [6, 6.07) is 51.3. The second kappa shape index (κ2) is 44.3. The molecule has 6 fully saturated rings. The largest absolute Gasteiger partial charge is 0.393 e. The predicted octanol–water partition coefficient (Wildman–Crippen LogP) is 17.0. The van der Waals surface area contributed by atoms with Gasteiger partial charge in [-0.15, -0.1) is 0 Å². The van der Waals surface area contributed by atoms with Crippen molar-refractivity contribution in [1.29, 1.82) is 0 Å². The Hall–Kier alpha value is -14.8. The minimum atomic E-state index is -0.421. The first-order chi connectivity index (χ1) is 68.4. The number of fused-ring (bicyclic) bond motifs is 4. The van der Waals surface area contributed by atoms with Crippen LogP contribution in [-0.2, 0) is 26.2 Å². The minimum absolute atomic E-state index is 0.181. The van der Waals surface area contributed by atoms with Crippen molar-refractivity contribution in [2.45, 2.75) is 134 Å². The third kappa shape index (κ3) is 23.8. The van der Waals surface area contributed by atoms with Gasteiger partial charge < -0.3 is 46.4 Å². The molecule has 4 amide bonds. The highest BCUT2D eigenvalue weighted by Crippen LogP contribution is 2.35. The molecule has 6 saturated heterocycles. The van der Waals surface area contributed by atoms with Crippen LogP contribution in [0.2, 0.25) is 0 Å². The molecule has 33 heteroatoms. The van der Waals surface area contributed by atoms with Crippen molar-refractivity contribution in [2.24, 2.45) is 0 Å². The van der Waals surface area contributed by atoms with Gasteiger partial charge in [0.05, 0.1) is 64.1 Å². The Balaban J connectivity index is 0.000000119. The Kier molecular flexibility index (Phi) is 29.8. The lowest BCUT2D eigenvalue weighted by atomic mass is 10.0. The van der Waals surface area contributed by atoms with E-state index in [-0.39, 0.29) is 41.5 Å². The molecule has 0 saturated carbocycles. The molecule has 0 atom stereocenters. The predicted molar refractivity (Wildman–Crippen MR) is 539 cm³/mol. The van der Waals surface area contributed by atoms with Gasteiger partial charge in [0.1, 0.15) is 23.3 Å². The molecule has 11 N–H and O–H groups in total. The van der Waals surface area contributed by atoms with Gasteiger partial charge in [0.2, 0.25) is 0 Å². The third-order valence-electron chi connectivity index (χ3n) is 26.7. The quantitative estimate of drug-likeness (QED) is 0.0300. The van der Waals surface area contributed by atoms with Gasteiger partial charge >= 0.3 is 0 Å². The van der Waals surface area contributed by atoms with Crippen LogP contribution in [0.25, 0.3) is 88.1 Å².